The third kappa shape index (κ3) is 3.16. The fourth-order valence-corrected chi connectivity index (χ4v) is 2.07. The van der Waals surface area contributed by atoms with Crippen molar-refractivity contribution in [3.05, 3.63) is 63.6 Å². The average molecular weight is 282 g/mol. The highest BCUT2D eigenvalue weighted by atomic mass is 35.5. The monoisotopic (exact) mass is 281 g/mol. The van der Waals surface area contributed by atoms with Crippen molar-refractivity contribution in [2.75, 3.05) is 0 Å². The summed E-state index contributed by atoms with van der Waals surface area (Å²) in [5, 5.41) is 1.22. The number of rotatable bonds is 4. The molecule has 94 valence electrons. The fraction of sp³-hybridized carbons (Fsp3) is 0.143. The van der Waals surface area contributed by atoms with E-state index in [9.17, 15) is 0 Å². The Morgan fingerprint density at radius 1 is 1.00 bits per heavy atom. The maximum absolute atomic E-state index is 6.08. The van der Waals surface area contributed by atoms with Crippen molar-refractivity contribution in [3.8, 4) is 5.75 Å². The molecular weight excluding hydrogens is 269 g/mol. The van der Waals surface area contributed by atoms with Gasteiger partial charge in [0.15, 0.2) is 0 Å². The predicted molar refractivity (Wildman–Crippen MR) is 75.1 cm³/mol. The van der Waals surface area contributed by atoms with Crippen LogP contribution in [0.3, 0.4) is 0 Å². The lowest BCUT2D eigenvalue weighted by Crippen LogP contribution is -2.02. The maximum atomic E-state index is 6.08. The molecule has 2 aromatic carbocycles. The smallest absolute Gasteiger partial charge is 0.124 e. The van der Waals surface area contributed by atoms with Crippen LogP contribution in [-0.4, -0.2) is 0 Å². The Balaban J connectivity index is 2.11. The van der Waals surface area contributed by atoms with E-state index in [1.165, 1.54) is 0 Å². The summed E-state index contributed by atoms with van der Waals surface area (Å²) in [7, 11) is 0. The zero-order valence-electron chi connectivity index (χ0n) is 9.70. The lowest BCUT2D eigenvalue weighted by atomic mass is 10.2. The summed E-state index contributed by atoms with van der Waals surface area (Å²) < 4.78 is 5.73. The SMILES string of the molecule is NCc1ccccc1OCc1ccc(Cl)cc1Cl. The van der Waals surface area contributed by atoms with Gasteiger partial charge in [-0.2, -0.15) is 0 Å². The summed E-state index contributed by atoms with van der Waals surface area (Å²) in [6.45, 7) is 0.845. The number of para-hydroxylation sites is 1. The van der Waals surface area contributed by atoms with Gasteiger partial charge in [-0.25, -0.2) is 0 Å². The van der Waals surface area contributed by atoms with Crippen LogP contribution in [0.1, 0.15) is 11.1 Å². The molecule has 0 aliphatic carbocycles. The molecule has 0 fully saturated rings. The summed E-state index contributed by atoms with van der Waals surface area (Å²) in [6.07, 6.45) is 0. The molecule has 0 aromatic heterocycles. The lowest BCUT2D eigenvalue weighted by Gasteiger charge is -2.11. The van der Waals surface area contributed by atoms with Crippen molar-refractivity contribution in [2.24, 2.45) is 5.73 Å². The molecule has 0 bridgehead atoms. The molecule has 0 aliphatic rings. The molecule has 0 saturated carbocycles. The number of nitrogens with two attached hydrogens (primary N) is 1. The van der Waals surface area contributed by atoms with E-state index in [0.717, 1.165) is 16.9 Å². The van der Waals surface area contributed by atoms with Gasteiger partial charge in [0.1, 0.15) is 12.4 Å². The van der Waals surface area contributed by atoms with Crippen molar-refractivity contribution in [1.82, 2.24) is 0 Å². The van der Waals surface area contributed by atoms with E-state index in [-0.39, 0.29) is 0 Å². The van der Waals surface area contributed by atoms with Gasteiger partial charge in [-0.3, -0.25) is 0 Å². The highest BCUT2D eigenvalue weighted by Crippen LogP contribution is 2.24. The van der Waals surface area contributed by atoms with E-state index in [1.807, 2.05) is 30.3 Å². The van der Waals surface area contributed by atoms with Crippen LogP contribution in [0.2, 0.25) is 10.0 Å². The minimum atomic E-state index is 0.396. The second kappa shape index (κ2) is 6.10. The maximum Gasteiger partial charge on any atom is 0.124 e. The van der Waals surface area contributed by atoms with Gasteiger partial charge >= 0.3 is 0 Å². The van der Waals surface area contributed by atoms with Crippen LogP contribution < -0.4 is 10.5 Å². The number of halogens is 2. The Morgan fingerprint density at radius 2 is 1.78 bits per heavy atom. The van der Waals surface area contributed by atoms with E-state index in [0.29, 0.717) is 23.2 Å². The van der Waals surface area contributed by atoms with Gasteiger partial charge in [0.05, 0.1) is 0 Å². The summed E-state index contributed by atoms with van der Waals surface area (Å²) in [6, 6.07) is 13.0. The van der Waals surface area contributed by atoms with Crippen molar-refractivity contribution in [2.45, 2.75) is 13.2 Å². The fourth-order valence-electron chi connectivity index (χ4n) is 1.61. The summed E-state index contributed by atoms with van der Waals surface area (Å²) >= 11 is 11.9. The zero-order valence-corrected chi connectivity index (χ0v) is 11.2. The van der Waals surface area contributed by atoms with Crippen molar-refractivity contribution < 1.29 is 4.74 Å². The number of ether oxygens (including phenoxy) is 1. The molecule has 0 unspecified atom stereocenters. The second-order valence-electron chi connectivity index (χ2n) is 3.84. The van der Waals surface area contributed by atoms with Crippen LogP contribution in [-0.2, 0) is 13.2 Å². The molecule has 0 saturated heterocycles. The van der Waals surface area contributed by atoms with Gasteiger partial charge in [0, 0.05) is 27.7 Å². The Hall–Kier alpha value is -1.22. The van der Waals surface area contributed by atoms with E-state index >= 15 is 0 Å². The first-order valence-corrected chi connectivity index (χ1v) is 6.31. The zero-order chi connectivity index (χ0) is 13.0. The van der Waals surface area contributed by atoms with E-state index < -0.39 is 0 Å². The molecule has 2 rings (SSSR count). The Morgan fingerprint density at radius 3 is 2.50 bits per heavy atom. The van der Waals surface area contributed by atoms with Crippen LogP contribution in [0.5, 0.6) is 5.75 Å². The largest absolute Gasteiger partial charge is 0.489 e. The summed E-state index contributed by atoms with van der Waals surface area (Å²) in [4.78, 5) is 0. The molecule has 4 heteroatoms. The first kappa shape index (κ1) is 13.2. The van der Waals surface area contributed by atoms with Gasteiger partial charge in [-0.05, 0) is 18.2 Å². The Labute approximate surface area is 116 Å². The topological polar surface area (TPSA) is 35.2 Å². The molecule has 0 spiro atoms. The van der Waals surface area contributed by atoms with Crippen LogP contribution >= 0.6 is 23.2 Å². The standard InChI is InChI=1S/C14H13Cl2NO/c15-12-6-5-11(13(16)7-12)9-18-14-4-2-1-3-10(14)8-17/h1-7H,8-9,17H2. The Bertz CT molecular complexity index is 543. The molecule has 0 amide bonds. The van der Waals surface area contributed by atoms with Crippen molar-refractivity contribution in [3.63, 3.8) is 0 Å². The minimum Gasteiger partial charge on any atom is -0.489 e. The third-order valence-corrected chi connectivity index (χ3v) is 3.18. The van der Waals surface area contributed by atoms with Crippen LogP contribution in [0.25, 0.3) is 0 Å². The third-order valence-electron chi connectivity index (χ3n) is 2.59. The highest BCUT2D eigenvalue weighted by Gasteiger charge is 2.04. The molecular formula is C14H13Cl2NO. The highest BCUT2D eigenvalue weighted by molar-refractivity contribution is 6.35. The molecule has 2 aromatic rings. The first-order valence-electron chi connectivity index (χ1n) is 5.55. The molecule has 0 radical (unpaired) electrons. The second-order valence-corrected chi connectivity index (χ2v) is 4.68. The van der Waals surface area contributed by atoms with Crippen LogP contribution in [0.4, 0.5) is 0 Å². The van der Waals surface area contributed by atoms with Crippen LogP contribution in [0.15, 0.2) is 42.5 Å². The van der Waals surface area contributed by atoms with E-state index in [4.69, 9.17) is 33.7 Å². The summed E-state index contributed by atoms with van der Waals surface area (Å²) in [5.74, 6) is 0.783. The van der Waals surface area contributed by atoms with E-state index in [2.05, 4.69) is 0 Å². The van der Waals surface area contributed by atoms with Gasteiger partial charge in [-0.15, -0.1) is 0 Å². The lowest BCUT2D eigenvalue weighted by molar-refractivity contribution is 0.303. The molecule has 0 aliphatic heterocycles. The molecule has 18 heavy (non-hydrogen) atoms. The van der Waals surface area contributed by atoms with Crippen LogP contribution in [0, 0.1) is 0 Å². The molecule has 0 atom stereocenters. The normalized spacial score (nSPS) is 10.4. The summed E-state index contributed by atoms with van der Waals surface area (Å²) in [5.41, 5.74) is 7.52. The van der Waals surface area contributed by atoms with Crippen molar-refractivity contribution in [1.29, 1.82) is 0 Å². The first-order chi connectivity index (χ1) is 8.70. The molecule has 2 nitrogen and oxygen atoms in total. The van der Waals surface area contributed by atoms with Gasteiger partial charge in [-0.1, -0.05) is 47.5 Å². The van der Waals surface area contributed by atoms with Crippen molar-refractivity contribution >= 4 is 23.2 Å². The van der Waals surface area contributed by atoms with E-state index in [1.54, 1.807) is 12.1 Å². The average Bonchev–Trinajstić information content (AvgIpc) is 2.38. The number of benzene rings is 2. The van der Waals surface area contributed by atoms with Gasteiger partial charge < -0.3 is 10.5 Å². The van der Waals surface area contributed by atoms with Gasteiger partial charge in [0.25, 0.3) is 0 Å². The predicted octanol–water partition coefficient (Wildman–Crippen LogP) is 4.03. The number of hydrogen-bond donors (Lipinski definition) is 1. The quantitative estimate of drug-likeness (QED) is 0.918. The molecule has 2 N–H and O–H groups in total. The Kier molecular flexibility index (Phi) is 4.48. The molecule has 0 heterocycles. The number of hydrogen-bond acceptors (Lipinski definition) is 2. The van der Waals surface area contributed by atoms with Gasteiger partial charge in [0.2, 0.25) is 0 Å². The minimum absolute atomic E-state index is 0.396.